The van der Waals surface area contributed by atoms with Crippen LogP contribution in [-0.2, 0) is 19.1 Å². The average molecular weight is 268 g/mol. The molecule has 1 aliphatic rings. The quantitative estimate of drug-likeness (QED) is 0.357. The number of rotatable bonds is 5. The molecule has 1 rings (SSSR count). The number of carbonyl (C=O) groups is 3. The summed E-state index contributed by atoms with van der Waals surface area (Å²) in [4.78, 5) is 34.7. The van der Waals surface area contributed by atoms with Crippen LogP contribution in [0.25, 0.3) is 0 Å². The smallest absolute Gasteiger partial charge is 0.346 e. The number of hydrogen-bond donors (Lipinski definition) is 1. The molecule has 0 radical (unpaired) electrons. The molecule has 0 aromatic carbocycles. The van der Waals surface area contributed by atoms with Crippen molar-refractivity contribution in [2.75, 3.05) is 0 Å². The predicted molar refractivity (Wildman–Crippen MR) is 68.5 cm³/mol. The van der Waals surface area contributed by atoms with Crippen molar-refractivity contribution in [2.45, 2.75) is 46.6 Å². The van der Waals surface area contributed by atoms with Gasteiger partial charge in [-0.1, -0.05) is 20.8 Å². The van der Waals surface area contributed by atoms with Gasteiger partial charge in [0.2, 0.25) is 5.78 Å². The number of esters is 1. The van der Waals surface area contributed by atoms with Gasteiger partial charge in [-0.15, -0.1) is 0 Å². The molecule has 5 heteroatoms. The summed E-state index contributed by atoms with van der Waals surface area (Å²) < 4.78 is 4.98. The van der Waals surface area contributed by atoms with E-state index in [1.165, 1.54) is 6.92 Å². The van der Waals surface area contributed by atoms with E-state index < -0.39 is 23.8 Å². The molecule has 1 aliphatic heterocycles. The van der Waals surface area contributed by atoms with E-state index in [9.17, 15) is 19.5 Å². The fraction of sp³-hybridized carbons (Fsp3) is 0.643. The highest BCUT2D eigenvalue weighted by Gasteiger charge is 2.41. The highest BCUT2D eigenvalue weighted by atomic mass is 16.6. The first-order valence-electron chi connectivity index (χ1n) is 6.41. The van der Waals surface area contributed by atoms with Crippen LogP contribution in [0, 0.1) is 11.8 Å². The molecule has 1 heterocycles. The SMILES string of the molecule is CC(=O)CC(C)C(O)=C1C(=O)OC(CC(C)C)C1=O. The van der Waals surface area contributed by atoms with Crippen LogP contribution in [0.3, 0.4) is 0 Å². The molecule has 1 N–H and O–H groups in total. The predicted octanol–water partition coefficient (Wildman–Crippen LogP) is 1.95. The third-order valence-electron chi connectivity index (χ3n) is 2.99. The van der Waals surface area contributed by atoms with Gasteiger partial charge in [0.25, 0.3) is 0 Å². The average Bonchev–Trinajstić information content (AvgIpc) is 2.51. The number of aliphatic hydroxyl groups excluding tert-OH is 1. The summed E-state index contributed by atoms with van der Waals surface area (Å²) in [6.07, 6.45) is -0.290. The van der Waals surface area contributed by atoms with Gasteiger partial charge < -0.3 is 14.6 Å². The lowest BCUT2D eigenvalue weighted by Crippen LogP contribution is -2.19. The van der Waals surface area contributed by atoms with Crippen molar-refractivity contribution in [3.63, 3.8) is 0 Å². The first-order chi connectivity index (χ1) is 8.73. The van der Waals surface area contributed by atoms with Crippen LogP contribution < -0.4 is 0 Å². The number of aliphatic hydroxyl groups is 1. The van der Waals surface area contributed by atoms with Gasteiger partial charge in [0.1, 0.15) is 17.1 Å². The van der Waals surface area contributed by atoms with Gasteiger partial charge in [0.05, 0.1) is 0 Å². The van der Waals surface area contributed by atoms with Gasteiger partial charge in [0.15, 0.2) is 6.10 Å². The summed E-state index contributed by atoms with van der Waals surface area (Å²) in [6.45, 7) is 6.83. The van der Waals surface area contributed by atoms with E-state index in [0.717, 1.165) is 0 Å². The molecule has 1 fully saturated rings. The Kier molecular flexibility index (Phi) is 4.86. The molecule has 2 unspecified atom stereocenters. The van der Waals surface area contributed by atoms with Crippen molar-refractivity contribution >= 4 is 17.5 Å². The Morgan fingerprint density at radius 2 is 1.89 bits per heavy atom. The Bertz CT molecular complexity index is 433. The summed E-state index contributed by atoms with van der Waals surface area (Å²) in [5.41, 5.74) is -0.292. The van der Waals surface area contributed by atoms with Crippen LogP contribution in [-0.4, -0.2) is 28.7 Å². The van der Waals surface area contributed by atoms with E-state index in [1.807, 2.05) is 13.8 Å². The number of carbonyl (C=O) groups excluding carboxylic acids is 3. The Balaban J connectivity index is 2.96. The molecule has 0 aromatic rings. The second kappa shape index (κ2) is 5.99. The first-order valence-corrected chi connectivity index (χ1v) is 6.41. The van der Waals surface area contributed by atoms with Crippen molar-refractivity contribution in [3.8, 4) is 0 Å². The zero-order valence-corrected chi connectivity index (χ0v) is 11.7. The second-order valence-corrected chi connectivity index (χ2v) is 5.46. The summed E-state index contributed by atoms with van der Waals surface area (Å²) in [5.74, 6) is -2.07. The van der Waals surface area contributed by atoms with E-state index in [0.29, 0.717) is 6.42 Å². The highest BCUT2D eigenvalue weighted by Crippen LogP contribution is 2.27. The van der Waals surface area contributed by atoms with Crippen molar-refractivity contribution in [2.24, 2.45) is 11.8 Å². The van der Waals surface area contributed by atoms with Crippen LogP contribution in [0.2, 0.25) is 0 Å². The molecule has 106 valence electrons. The van der Waals surface area contributed by atoms with E-state index in [-0.39, 0.29) is 29.5 Å². The second-order valence-electron chi connectivity index (χ2n) is 5.46. The number of ketones is 2. The van der Waals surface area contributed by atoms with Gasteiger partial charge in [-0.25, -0.2) is 4.79 Å². The third-order valence-corrected chi connectivity index (χ3v) is 2.99. The topological polar surface area (TPSA) is 80.7 Å². The zero-order chi connectivity index (χ0) is 14.7. The maximum atomic E-state index is 12.0. The van der Waals surface area contributed by atoms with E-state index >= 15 is 0 Å². The monoisotopic (exact) mass is 268 g/mol. The Morgan fingerprint density at radius 1 is 1.32 bits per heavy atom. The normalized spacial score (nSPS) is 23.5. The Labute approximate surface area is 112 Å². The van der Waals surface area contributed by atoms with Crippen LogP contribution in [0.1, 0.15) is 40.5 Å². The molecule has 2 atom stereocenters. The molecular weight excluding hydrogens is 248 g/mol. The van der Waals surface area contributed by atoms with Crippen LogP contribution in [0.15, 0.2) is 11.3 Å². The Hall–Kier alpha value is -1.65. The summed E-state index contributed by atoms with van der Waals surface area (Å²) in [7, 11) is 0. The molecule has 5 nitrogen and oxygen atoms in total. The van der Waals surface area contributed by atoms with Crippen molar-refractivity contribution < 1.29 is 24.2 Å². The lowest BCUT2D eigenvalue weighted by molar-refractivity contribution is -0.141. The summed E-state index contributed by atoms with van der Waals surface area (Å²) in [5, 5.41) is 9.96. The molecule has 0 spiro atoms. The van der Waals surface area contributed by atoms with Crippen LogP contribution in [0.4, 0.5) is 0 Å². The third kappa shape index (κ3) is 3.66. The van der Waals surface area contributed by atoms with E-state index in [2.05, 4.69) is 0 Å². The molecule has 0 aromatic heterocycles. The molecule has 0 saturated carbocycles. The van der Waals surface area contributed by atoms with Crippen molar-refractivity contribution in [3.05, 3.63) is 11.3 Å². The number of ether oxygens (including phenoxy) is 1. The number of cyclic esters (lactones) is 1. The summed E-state index contributed by atoms with van der Waals surface area (Å²) in [6, 6.07) is 0. The number of hydrogen-bond acceptors (Lipinski definition) is 5. The van der Waals surface area contributed by atoms with E-state index in [1.54, 1.807) is 6.92 Å². The molecule has 19 heavy (non-hydrogen) atoms. The number of Topliss-reactive ketones (excluding diaryl/α,β-unsaturated/α-hetero) is 2. The van der Waals surface area contributed by atoms with Crippen LogP contribution >= 0.6 is 0 Å². The fourth-order valence-corrected chi connectivity index (χ4v) is 2.09. The number of allylic oxidation sites excluding steroid dienone is 1. The lowest BCUT2D eigenvalue weighted by Gasteiger charge is -2.10. The van der Waals surface area contributed by atoms with Gasteiger partial charge in [-0.05, 0) is 19.3 Å². The highest BCUT2D eigenvalue weighted by molar-refractivity contribution is 6.23. The molecule has 0 bridgehead atoms. The molecule has 0 amide bonds. The Morgan fingerprint density at radius 3 is 2.37 bits per heavy atom. The fourth-order valence-electron chi connectivity index (χ4n) is 2.09. The molecular formula is C14H20O5. The zero-order valence-electron chi connectivity index (χ0n) is 11.7. The molecule has 1 saturated heterocycles. The van der Waals surface area contributed by atoms with Gasteiger partial charge >= 0.3 is 5.97 Å². The maximum absolute atomic E-state index is 12.0. The van der Waals surface area contributed by atoms with Gasteiger partial charge in [-0.3, -0.25) is 4.79 Å². The van der Waals surface area contributed by atoms with Crippen molar-refractivity contribution in [1.29, 1.82) is 0 Å². The lowest BCUT2D eigenvalue weighted by atomic mass is 9.95. The minimum atomic E-state index is -0.811. The van der Waals surface area contributed by atoms with Gasteiger partial charge in [-0.2, -0.15) is 0 Å². The first kappa shape index (κ1) is 15.4. The van der Waals surface area contributed by atoms with Crippen molar-refractivity contribution in [1.82, 2.24) is 0 Å². The van der Waals surface area contributed by atoms with Gasteiger partial charge in [0, 0.05) is 12.3 Å². The minimum Gasteiger partial charge on any atom is -0.511 e. The van der Waals surface area contributed by atoms with Crippen LogP contribution in [0.5, 0.6) is 0 Å². The minimum absolute atomic E-state index is 0.0880. The molecule has 0 aliphatic carbocycles. The largest absolute Gasteiger partial charge is 0.511 e. The summed E-state index contributed by atoms with van der Waals surface area (Å²) >= 11 is 0. The maximum Gasteiger partial charge on any atom is 0.346 e. The van der Waals surface area contributed by atoms with E-state index in [4.69, 9.17) is 4.74 Å². The standard InChI is InChI=1S/C14H20O5/c1-7(2)5-10-13(17)11(14(18)19-10)12(16)8(3)6-9(4)15/h7-8,10,16H,5-6H2,1-4H3.